The van der Waals surface area contributed by atoms with Crippen molar-refractivity contribution in [2.24, 2.45) is 29.1 Å². The first-order chi connectivity index (χ1) is 20.5. The molecule has 2 aromatic carbocycles. The second-order valence-electron chi connectivity index (χ2n) is 14.2. The Bertz CT molecular complexity index is 1450. The van der Waals surface area contributed by atoms with E-state index in [-0.39, 0.29) is 42.0 Å². The van der Waals surface area contributed by atoms with Crippen molar-refractivity contribution < 1.29 is 23.6 Å². The van der Waals surface area contributed by atoms with Crippen LogP contribution in [0.3, 0.4) is 0 Å². The van der Waals surface area contributed by atoms with Crippen molar-refractivity contribution in [1.82, 2.24) is 10.3 Å². The Morgan fingerprint density at radius 3 is 2.56 bits per heavy atom. The molecule has 2 bridgehead atoms. The highest BCUT2D eigenvalue weighted by atomic mass is 16.7. The first kappa shape index (κ1) is 30.0. The van der Waals surface area contributed by atoms with Gasteiger partial charge >= 0.3 is 13.1 Å². The smallest absolute Gasteiger partial charge is 0.461 e. The average molecular weight is 585 g/mol. The molecule has 7 nitrogen and oxygen atoms in total. The molecule has 8 heteroatoms. The van der Waals surface area contributed by atoms with Crippen molar-refractivity contribution in [3.63, 3.8) is 0 Å². The highest BCUT2D eigenvalue weighted by Gasteiger charge is 2.68. The van der Waals surface area contributed by atoms with Gasteiger partial charge in [0.25, 0.3) is 0 Å². The maximum atomic E-state index is 14.1. The van der Waals surface area contributed by atoms with Gasteiger partial charge in [0.05, 0.1) is 30.0 Å². The lowest BCUT2D eigenvalue weighted by atomic mass is 9.43. The molecule has 43 heavy (non-hydrogen) atoms. The number of aromatic nitrogens is 1. The quantitative estimate of drug-likeness (QED) is 0.205. The van der Waals surface area contributed by atoms with Crippen LogP contribution >= 0.6 is 0 Å². The molecule has 3 saturated carbocycles. The van der Waals surface area contributed by atoms with Crippen LogP contribution in [0.2, 0.25) is 0 Å². The molecule has 1 aromatic heterocycles. The third-order valence-corrected chi connectivity index (χ3v) is 10.5. The van der Waals surface area contributed by atoms with Gasteiger partial charge in [-0.1, -0.05) is 76.2 Å². The maximum absolute atomic E-state index is 14.1. The largest absolute Gasteiger partial charge is 0.481 e. The number of para-hydroxylation sites is 1. The van der Waals surface area contributed by atoms with Crippen LogP contribution in [0, 0.1) is 29.1 Å². The minimum Gasteiger partial charge on any atom is -0.461 e. The number of nitrogens with one attached hydrogen (secondary N) is 2. The van der Waals surface area contributed by atoms with Crippen LogP contribution in [-0.2, 0) is 36.7 Å². The van der Waals surface area contributed by atoms with Crippen LogP contribution in [0.4, 0.5) is 0 Å². The number of hydrogen-bond donors (Lipinski definition) is 2. The van der Waals surface area contributed by atoms with Gasteiger partial charge in [-0.15, -0.1) is 0 Å². The molecule has 4 fully saturated rings. The minimum absolute atomic E-state index is 0.0166. The lowest BCUT2D eigenvalue weighted by Crippen LogP contribution is -2.65. The number of amides is 1. The fourth-order valence-electron chi connectivity index (χ4n) is 7.94. The standard InChI is InChI=1S/C35H45BN2O5/c1-22(2)15-31(36-42-30-19-26-18-29(34(26,3)4)35(30,5)43-36)38-33(40)24(16-25-20-37-28-14-10-9-13-27(25)28)17-32(39)41-21-23-11-7-6-8-12-23/h6-14,20,22,24,26,29-31,37H,15-19,21H2,1-5H3,(H,38,40)/t24-,26+,29+,30-,31+,35+/m1/s1. The lowest BCUT2D eigenvalue weighted by molar-refractivity contribution is -0.199. The molecule has 6 atom stereocenters. The monoisotopic (exact) mass is 584 g/mol. The van der Waals surface area contributed by atoms with Gasteiger partial charge in [0.15, 0.2) is 0 Å². The van der Waals surface area contributed by atoms with Crippen molar-refractivity contribution in [1.29, 1.82) is 0 Å². The molecule has 4 aliphatic rings. The Balaban J connectivity index is 1.19. The summed E-state index contributed by atoms with van der Waals surface area (Å²) in [6.07, 6.45) is 5.26. The summed E-state index contributed by atoms with van der Waals surface area (Å²) in [5.74, 6) is -0.0792. The number of benzene rings is 2. The predicted octanol–water partition coefficient (Wildman–Crippen LogP) is 6.26. The molecule has 7 rings (SSSR count). The molecule has 3 aliphatic carbocycles. The van der Waals surface area contributed by atoms with Crippen molar-refractivity contribution >= 4 is 29.9 Å². The van der Waals surface area contributed by atoms with E-state index in [2.05, 4.69) is 44.9 Å². The van der Waals surface area contributed by atoms with E-state index in [1.807, 2.05) is 60.8 Å². The van der Waals surface area contributed by atoms with Gasteiger partial charge in [-0.2, -0.15) is 0 Å². The molecule has 1 saturated heterocycles. The molecule has 0 spiro atoms. The zero-order valence-corrected chi connectivity index (χ0v) is 26.1. The number of hydrogen-bond acceptors (Lipinski definition) is 5. The molecule has 1 amide bonds. The number of rotatable bonds is 11. The second kappa shape index (κ2) is 11.8. The van der Waals surface area contributed by atoms with Gasteiger partial charge in [-0.25, -0.2) is 0 Å². The van der Waals surface area contributed by atoms with Gasteiger partial charge in [-0.3, -0.25) is 9.59 Å². The second-order valence-corrected chi connectivity index (χ2v) is 14.2. The van der Waals surface area contributed by atoms with Gasteiger partial charge in [-0.05, 0) is 73.0 Å². The number of fused-ring (bicyclic) bond motifs is 1. The Morgan fingerprint density at radius 2 is 1.81 bits per heavy atom. The Kier molecular flexibility index (Phi) is 8.20. The van der Waals surface area contributed by atoms with Gasteiger partial charge in [0.1, 0.15) is 6.61 Å². The summed E-state index contributed by atoms with van der Waals surface area (Å²) in [4.78, 5) is 30.5. The molecule has 2 heterocycles. The molecule has 3 aromatic rings. The van der Waals surface area contributed by atoms with Crippen LogP contribution in [0.15, 0.2) is 60.8 Å². The van der Waals surface area contributed by atoms with E-state index in [1.165, 1.54) is 6.42 Å². The Morgan fingerprint density at radius 1 is 1.07 bits per heavy atom. The Hall–Kier alpha value is -3.10. The normalized spacial score (nSPS) is 26.9. The van der Waals surface area contributed by atoms with Crippen molar-refractivity contribution in [2.45, 2.75) is 91.0 Å². The average Bonchev–Trinajstić information content (AvgIpc) is 3.56. The van der Waals surface area contributed by atoms with E-state index >= 15 is 0 Å². The zero-order chi connectivity index (χ0) is 30.4. The number of carbonyl (C=O) groups excluding carboxylic acids is 2. The first-order valence-corrected chi connectivity index (χ1v) is 15.9. The Labute approximate surface area is 255 Å². The SMILES string of the molecule is CC(C)C[C@H](NC(=O)[C@@H](CC(=O)OCc1ccccc1)Cc1c[nH]c2ccccc12)B1O[C@@H]2C[C@@H]3C[C@@H](C3(C)C)[C@]2(C)O1. The fraction of sp³-hybridized carbons (Fsp3) is 0.543. The number of esters is 1. The molecule has 1 aliphatic heterocycles. The highest BCUT2D eigenvalue weighted by Crippen LogP contribution is 2.65. The maximum Gasteiger partial charge on any atom is 0.481 e. The third-order valence-electron chi connectivity index (χ3n) is 10.5. The number of carbonyl (C=O) groups is 2. The van der Waals surface area contributed by atoms with E-state index in [0.717, 1.165) is 34.9 Å². The zero-order valence-electron chi connectivity index (χ0n) is 26.1. The molecular formula is C35H45BN2O5. The third kappa shape index (κ3) is 5.88. The van der Waals surface area contributed by atoms with Crippen LogP contribution in [-0.4, -0.2) is 41.6 Å². The molecule has 0 unspecified atom stereocenters. The molecule has 2 N–H and O–H groups in total. The lowest BCUT2D eigenvalue weighted by Gasteiger charge is -2.64. The predicted molar refractivity (Wildman–Crippen MR) is 168 cm³/mol. The summed E-state index contributed by atoms with van der Waals surface area (Å²) in [7, 11) is -0.518. The summed E-state index contributed by atoms with van der Waals surface area (Å²) in [6, 6.07) is 17.6. The summed E-state index contributed by atoms with van der Waals surface area (Å²) >= 11 is 0. The van der Waals surface area contributed by atoms with E-state index in [0.29, 0.717) is 24.2 Å². The van der Waals surface area contributed by atoms with Crippen molar-refractivity contribution in [2.75, 3.05) is 0 Å². The fourth-order valence-corrected chi connectivity index (χ4v) is 7.94. The first-order valence-electron chi connectivity index (χ1n) is 15.9. The van der Waals surface area contributed by atoms with E-state index in [4.69, 9.17) is 14.0 Å². The van der Waals surface area contributed by atoms with E-state index < -0.39 is 19.0 Å². The molecular weight excluding hydrogens is 539 g/mol. The number of H-pyrrole nitrogens is 1. The van der Waals surface area contributed by atoms with Crippen LogP contribution in [0.25, 0.3) is 10.9 Å². The minimum atomic E-state index is -0.608. The van der Waals surface area contributed by atoms with Gasteiger partial charge in [0.2, 0.25) is 5.91 Å². The summed E-state index contributed by atoms with van der Waals surface area (Å²) in [5.41, 5.74) is 2.81. The van der Waals surface area contributed by atoms with E-state index in [1.54, 1.807) is 0 Å². The van der Waals surface area contributed by atoms with Crippen LogP contribution in [0.5, 0.6) is 0 Å². The van der Waals surface area contributed by atoms with Crippen LogP contribution in [0.1, 0.15) is 71.4 Å². The van der Waals surface area contributed by atoms with Gasteiger partial charge in [0, 0.05) is 17.1 Å². The molecule has 228 valence electrons. The van der Waals surface area contributed by atoms with Gasteiger partial charge < -0.3 is 24.3 Å². The van der Waals surface area contributed by atoms with E-state index in [9.17, 15) is 9.59 Å². The highest BCUT2D eigenvalue weighted by molar-refractivity contribution is 6.47. The summed E-state index contributed by atoms with van der Waals surface area (Å²) < 4.78 is 19.0. The van der Waals surface area contributed by atoms with Crippen LogP contribution < -0.4 is 5.32 Å². The molecule has 0 radical (unpaired) electrons. The topological polar surface area (TPSA) is 89.7 Å². The van der Waals surface area contributed by atoms with Crippen molar-refractivity contribution in [3.05, 3.63) is 71.9 Å². The number of ether oxygens (including phenoxy) is 1. The number of aromatic amines is 1. The van der Waals surface area contributed by atoms with Crippen molar-refractivity contribution in [3.8, 4) is 0 Å². The summed E-state index contributed by atoms with van der Waals surface area (Å²) in [5, 5.41) is 4.35. The summed E-state index contributed by atoms with van der Waals surface area (Å²) in [6.45, 7) is 11.4.